The van der Waals surface area contributed by atoms with E-state index in [0.29, 0.717) is 6.04 Å². The molecule has 1 N–H and O–H groups in total. The van der Waals surface area contributed by atoms with Gasteiger partial charge in [0, 0.05) is 61.1 Å². The van der Waals surface area contributed by atoms with Gasteiger partial charge >= 0.3 is 0 Å². The van der Waals surface area contributed by atoms with Crippen LogP contribution in [0.4, 0.5) is 5.82 Å². The molecule has 1 aromatic carbocycles. The summed E-state index contributed by atoms with van der Waals surface area (Å²) in [7, 11) is 0. The fraction of sp³-hybridized carbons (Fsp3) is 0.500. The molecule has 4 nitrogen and oxygen atoms in total. The standard InChI is InChI=1S/C26H36N4/c1-7-19(3)30-17-18(2)25-22(26(4,5)6)14-21(15-23(25)30)20-8-9-24(28-16-20)29-12-10-27-11-13-29/h8-9,14-17,19,27H,7,10-13H2,1-6H3. The number of nitrogens with one attached hydrogen (secondary N) is 1. The number of pyridine rings is 1. The number of fused-ring (bicyclic) bond motifs is 1. The van der Waals surface area contributed by atoms with E-state index >= 15 is 0 Å². The van der Waals surface area contributed by atoms with Gasteiger partial charge in [0.05, 0.1) is 0 Å². The van der Waals surface area contributed by atoms with E-state index in [4.69, 9.17) is 4.98 Å². The van der Waals surface area contributed by atoms with Crippen LogP contribution in [0.5, 0.6) is 0 Å². The van der Waals surface area contributed by atoms with Crippen LogP contribution in [0, 0.1) is 6.92 Å². The largest absolute Gasteiger partial charge is 0.354 e. The summed E-state index contributed by atoms with van der Waals surface area (Å²) in [6, 6.07) is 9.66. The zero-order chi connectivity index (χ0) is 21.5. The number of anilines is 1. The molecular weight excluding hydrogens is 368 g/mol. The average molecular weight is 405 g/mol. The molecule has 1 aliphatic heterocycles. The van der Waals surface area contributed by atoms with E-state index < -0.39 is 0 Å². The van der Waals surface area contributed by atoms with Crippen LogP contribution in [-0.4, -0.2) is 35.7 Å². The molecule has 1 fully saturated rings. The predicted molar refractivity (Wildman–Crippen MR) is 129 cm³/mol. The molecule has 0 bridgehead atoms. The van der Waals surface area contributed by atoms with Crippen molar-refractivity contribution in [3.8, 4) is 11.1 Å². The van der Waals surface area contributed by atoms with Crippen LogP contribution in [-0.2, 0) is 5.41 Å². The van der Waals surface area contributed by atoms with Crippen molar-refractivity contribution in [3.05, 3.63) is 47.8 Å². The van der Waals surface area contributed by atoms with Crippen LogP contribution in [0.1, 0.15) is 58.2 Å². The zero-order valence-corrected chi connectivity index (χ0v) is 19.4. The summed E-state index contributed by atoms with van der Waals surface area (Å²) in [6.07, 6.45) is 5.51. The van der Waals surface area contributed by atoms with E-state index in [0.717, 1.165) is 38.4 Å². The summed E-state index contributed by atoms with van der Waals surface area (Å²) < 4.78 is 2.46. The molecule has 3 aromatic rings. The molecule has 30 heavy (non-hydrogen) atoms. The fourth-order valence-electron chi connectivity index (χ4n) is 4.54. The second kappa shape index (κ2) is 8.07. The quantitative estimate of drug-likeness (QED) is 0.606. The summed E-state index contributed by atoms with van der Waals surface area (Å²) in [5, 5.41) is 4.82. The van der Waals surface area contributed by atoms with Crippen molar-refractivity contribution < 1.29 is 0 Å². The second-order valence-electron chi connectivity index (χ2n) is 9.79. The number of nitrogens with zero attached hydrogens (tertiary/aromatic N) is 3. The Bertz CT molecular complexity index is 1020. The van der Waals surface area contributed by atoms with Gasteiger partial charge in [-0.2, -0.15) is 0 Å². The van der Waals surface area contributed by atoms with E-state index in [-0.39, 0.29) is 5.41 Å². The Balaban J connectivity index is 1.82. The summed E-state index contributed by atoms with van der Waals surface area (Å²) in [6.45, 7) is 17.9. The van der Waals surface area contributed by atoms with E-state index in [9.17, 15) is 0 Å². The third-order valence-corrected chi connectivity index (χ3v) is 6.52. The Morgan fingerprint density at radius 3 is 2.43 bits per heavy atom. The van der Waals surface area contributed by atoms with Crippen LogP contribution in [0.25, 0.3) is 22.0 Å². The molecular formula is C26H36N4. The van der Waals surface area contributed by atoms with Gasteiger partial charge in [0.25, 0.3) is 0 Å². The zero-order valence-electron chi connectivity index (χ0n) is 19.4. The van der Waals surface area contributed by atoms with Crippen LogP contribution in [0.15, 0.2) is 36.7 Å². The highest BCUT2D eigenvalue weighted by atomic mass is 15.2. The van der Waals surface area contributed by atoms with Crippen LogP contribution < -0.4 is 10.2 Å². The summed E-state index contributed by atoms with van der Waals surface area (Å²) in [5.74, 6) is 1.08. The lowest BCUT2D eigenvalue weighted by Crippen LogP contribution is -2.43. The maximum Gasteiger partial charge on any atom is 0.128 e. The fourth-order valence-corrected chi connectivity index (χ4v) is 4.54. The first-order chi connectivity index (χ1) is 14.3. The van der Waals surface area contributed by atoms with Gasteiger partial charge in [-0.3, -0.25) is 0 Å². The molecule has 4 rings (SSSR count). The predicted octanol–water partition coefficient (Wildman–Crippen LogP) is 5.69. The Morgan fingerprint density at radius 1 is 1.10 bits per heavy atom. The number of aromatic nitrogens is 2. The van der Waals surface area contributed by atoms with Crippen LogP contribution in [0.3, 0.4) is 0 Å². The molecule has 0 radical (unpaired) electrons. The maximum absolute atomic E-state index is 4.82. The first-order valence-corrected chi connectivity index (χ1v) is 11.4. The summed E-state index contributed by atoms with van der Waals surface area (Å²) in [4.78, 5) is 7.18. The van der Waals surface area contributed by atoms with Crippen molar-refractivity contribution in [1.29, 1.82) is 0 Å². The lowest BCUT2D eigenvalue weighted by atomic mass is 9.82. The van der Waals surface area contributed by atoms with E-state index in [1.165, 1.54) is 33.2 Å². The van der Waals surface area contributed by atoms with E-state index in [1.807, 2.05) is 6.20 Å². The van der Waals surface area contributed by atoms with Crippen LogP contribution >= 0.6 is 0 Å². The van der Waals surface area contributed by atoms with Gasteiger partial charge in [0.15, 0.2) is 0 Å². The molecule has 0 spiro atoms. The van der Waals surface area contributed by atoms with Crippen molar-refractivity contribution >= 4 is 16.7 Å². The molecule has 2 aromatic heterocycles. The van der Waals surface area contributed by atoms with Crippen molar-refractivity contribution in [1.82, 2.24) is 14.9 Å². The van der Waals surface area contributed by atoms with Gasteiger partial charge in [0.2, 0.25) is 0 Å². The van der Waals surface area contributed by atoms with Crippen molar-refractivity contribution in [2.75, 3.05) is 31.1 Å². The topological polar surface area (TPSA) is 33.1 Å². The maximum atomic E-state index is 4.82. The van der Waals surface area contributed by atoms with E-state index in [2.05, 4.69) is 86.8 Å². The lowest BCUT2D eigenvalue weighted by molar-refractivity contribution is 0.547. The normalized spacial score (nSPS) is 16.3. The minimum absolute atomic E-state index is 0.0782. The number of hydrogen-bond acceptors (Lipinski definition) is 3. The lowest BCUT2D eigenvalue weighted by Gasteiger charge is -2.28. The van der Waals surface area contributed by atoms with Crippen molar-refractivity contribution in [2.24, 2.45) is 0 Å². The molecule has 0 saturated carbocycles. The highest BCUT2D eigenvalue weighted by molar-refractivity contribution is 5.92. The van der Waals surface area contributed by atoms with Gasteiger partial charge in [-0.25, -0.2) is 4.98 Å². The number of hydrogen-bond donors (Lipinski definition) is 1. The second-order valence-corrected chi connectivity index (χ2v) is 9.79. The highest BCUT2D eigenvalue weighted by Crippen LogP contribution is 2.38. The SMILES string of the molecule is CCC(C)n1cc(C)c2c(C(C)(C)C)cc(-c3ccc(N4CCNCC4)nc3)cc21. The summed E-state index contributed by atoms with van der Waals surface area (Å²) >= 11 is 0. The molecule has 1 aliphatic rings. The van der Waals surface area contributed by atoms with E-state index in [1.54, 1.807) is 0 Å². The smallest absolute Gasteiger partial charge is 0.128 e. The third-order valence-electron chi connectivity index (χ3n) is 6.52. The molecule has 0 aliphatic carbocycles. The number of piperazine rings is 1. The van der Waals surface area contributed by atoms with Gasteiger partial charge in [0.1, 0.15) is 5.82 Å². The Hall–Kier alpha value is -2.33. The Labute approximate surface area is 181 Å². The average Bonchev–Trinajstić information content (AvgIpc) is 3.09. The van der Waals surface area contributed by atoms with Gasteiger partial charge in [-0.05, 0) is 66.6 Å². The monoisotopic (exact) mass is 404 g/mol. The van der Waals surface area contributed by atoms with Crippen molar-refractivity contribution in [3.63, 3.8) is 0 Å². The van der Waals surface area contributed by atoms with Gasteiger partial charge in [-0.15, -0.1) is 0 Å². The van der Waals surface area contributed by atoms with Gasteiger partial charge in [-0.1, -0.05) is 27.7 Å². The molecule has 3 heterocycles. The number of benzene rings is 1. The minimum Gasteiger partial charge on any atom is -0.354 e. The number of aryl methyl sites for hydroxylation is 1. The molecule has 1 unspecified atom stereocenters. The van der Waals surface area contributed by atoms with Crippen molar-refractivity contribution in [2.45, 2.75) is 59.4 Å². The summed E-state index contributed by atoms with van der Waals surface area (Å²) in [5.41, 5.74) is 6.66. The number of rotatable bonds is 4. The third kappa shape index (κ3) is 3.85. The molecule has 1 atom stereocenters. The van der Waals surface area contributed by atoms with Crippen LogP contribution in [0.2, 0.25) is 0 Å². The highest BCUT2D eigenvalue weighted by Gasteiger charge is 2.23. The molecule has 0 amide bonds. The first-order valence-electron chi connectivity index (χ1n) is 11.4. The molecule has 1 saturated heterocycles. The Morgan fingerprint density at radius 2 is 1.83 bits per heavy atom. The minimum atomic E-state index is 0.0782. The first kappa shape index (κ1) is 20.9. The Kier molecular flexibility index (Phi) is 5.63. The molecule has 160 valence electrons. The van der Waals surface area contributed by atoms with Gasteiger partial charge < -0.3 is 14.8 Å². The molecule has 4 heteroatoms.